The summed E-state index contributed by atoms with van der Waals surface area (Å²) in [6.07, 6.45) is 1.02. The fraction of sp³-hybridized carbons (Fsp3) is 0.533. The lowest BCUT2D eigenvalue weighted by atomic mass is 10.0. The lowest BCUT2D eigenvalue weighted by Crippen LogP contribution is -2.47. The molecule has 4 nitrogen and oxygen atoms in total. The second kappa shape index (κ2) is 5.31. The third-order valence-corrected chi connectivity index (χ3v) is 3.93. The van der Waals surface area contributed by atoms with Gasteiger partial charge in [-0.2, -0.15) is 0 Å². The number of hydrogen-bond acceptors (Lipinski definition) is 3. The molecule has 0 unspecified atom stereocenters. The molecule has 0 aliphatic heterocycles. The number of likely N-dealkylation sites (N-methyl/N-ethyl adjacent to an activating group) is 1. The first kappa shape index (κ1) is 14.0. The number of aryl methyl sites for hydroxylation is 1. The number of H-pyrrole nitrogens is 1. The standard InChI is InChI=1S/C15H24N4/c1-11-17-13-6-5-12(9-14(13)18-11)7-8-19(4)15(2,3)10-16/h5-6,9H,7-8,10,16H2,1-4H3,(H,17,18). The highest BCUT2D eigenvalue weighted by Gasteiger charge is 2.20. The van der Waals surface area contributed by atoms with E-state index in [1.807, 2.05) is 6.92 Å². The molecular weight excluding hydrogens is 236 g/mol. The molecule has 2 aromatic rings. The minimum absolute atomic E-state index is 0.0503. The van der Waals surface area contributed by atoms with Crippen LogP contribution < -0.4 is 5.73 Å². The summed E-state index contributed by atoms with van der Waals surface area (Å²) in [4.78, 5) is 10.0. The Morgan fingerprint density at radius 2 is 2.11 bits per heavy atom. The highest BCUT2D eigenvalue weighted by atomic mass is 15.2. The Hall–Kier alpha value is -1.39. The number of nitrogens with two attached hydrogens (primary N) is 1. The summed E-state index contributed by atoms with van der Waals surface area (Å²) in [5.74, 6) is 0.966. The Morgan fingerprint density at radius 1 is 1.37 bits per heavy atom. The second-order valence-corrected chi connectivity index (χ2v) is 5.86. The molecule has 1 aromatic carbocycles. The number of nitrogens with zero attached hydrogens (tertiary/aromatic N) is 2. The van der Waals surface area contributed by atoms with Crippen LogP contribution in [0.25, 0.3) is 11.0 Å². The summed E-state index contributed by atoms with van der Waals surface area (Å²) in [5.41, 5.74) is 9.34. The first-order chi connectivity index (χ1) is 8.92. The van der Waals surface area contributed by atoms with Crippen LogP contribution >= 0.6 is 0 Å². The average Bonchev–Trinajstić information content (AvgIpc) is 2.74. The molecule has 104 valence electrons. The summed E-state index contributed by atoms with van der Waals surface area (Å²) >= 11 is 0. The molecular formula is C15H24N4. The Morgan fingerprint density at radius 3 is 2.79 bits per heavy atom. The summed E-state index contributed by atoms with van der Waals surface area (Å²) in [6.45, 7) is 8.01. The molecule has 2 rings (SSSR count). The fourth-order valence-corrected chi connectivity index (χ4v) is 2.10. The van der Waals surface area contributed by atoms with Crippen LogP contribution in [0.4, 0.5) is 0 Å². The molecule has 4 heteroatoms. The monoisotopic (exact) mass is 260 g/mol. The highest BCUT2D eigenvalue weighted by Crippen LogP contribution is 2.16. The van der Waals surface area contributed by atoms with Crippen molar-refractivity contribution in [2.75, 3.05) is 20.1 Å². The van der Waals surface area contributed by atoms with Gasteiger partial charge in [-0.25, -0.2) is 4.98 Å². The first-order valence-electron chi connectivity index (χ1n) is 6.79. The summed E-state index contributed by atoms with van der Waals surface area (Å²) < 4.78 is 0. The van der Waals surface area contributed by atoms with Gasteiger partial charge in [-0.05, 0) is 51.9 Å². The maximum atomic E-state index is 5.80. The van der Waals surface area contributed by atoms with Gasteiger partial charge in [0.2, 0.25) is 0 Å². The van der Waals surface area contributed by atoms with Gasteiger partial charge >= 0.3 is 0 Å². The Labute approximate surface area is 115 Å². The van der Waals surface area contributed by atoms with Crippen LogP contribution in [0.1, 0.15) is 25.2 Å². The number of aromatic nitrogens is 2. The van der Waals surface area contributed by atoms with E-state index in [0.29, 0.717) is 6.54 Å². The van der Waals surface area contributed by atoms with Crippen LogP contribution in [-0.2, 0) is 6.42 Å². The van der Waals surface area contributed by atoms with E-state index in [0.717, 1.165) is 29.8 Å². The fourth-order valence-electron chi connectivity index (χ4n) is 2.10. The van der Waals surface area contributed by atoms with E-state index >= 15 is 0 Å². The summed E-state index contributed by atoms with van der Waals surface area (Å²) in [5, 5.41) is 0. The summed E-state index contributed by atoms with van der Waals surface area (Å²) in [6, 6.07) is 6.44. The first-order valence-corrected chi connectivity index (χ1v) is 6.79. The molecule has 0 aliphatic rings. The molecule has 0 atom stereocenters. The quantitative estimate of drug-likeness (QED) is 0.865. The third kappa shape index (κ3) is 3.14. The van der Waals surface area contributed by atoms with Crippen molar-refractivity contribution in [3.63, 3.8) is 0 Å². The van der Waals surface area contributed by atoms with Crippen LogP contribution in [0.2, 0.25) is 0 Å². The lowest BCUT2D eigenvalue weighted by Gasteiger charge is -2.34. The molecule has 0 bridgehead atoms. The minimum atomic E-state index is 0.0503. The van der Waals surface area contributed by atoms with E-state index in [1.54, 1.807) is 0 Å². The van der Waals surface area contributed by atoms with Crippen LogP contribution in [0.5, 0.6) is 0 Å². The van der Waals surface area contributed by atoms with Crippen LogP contribution in [0.15, 0.2) is 18.2 Å². The molecule has 0 amide bonds. The molecule has 0 spiro atoms. The van der Waals surface area contributed by atoms with Crippen molar-refractivity contribution in [3.8, 4) is 0 Å². The minimum Gasteiger partial charge on any atom is -0.342 e. The van der Waals surface area contributed by atoms with Crippen LogP contribution in [0, 0.1) is 6.92 Å². The van der Waals surface area contributed by atoms with E-state index < -0.39 is 0 Å². The van der Waals surface area contributed by atoms with E-state index in [4.69, 9.17) is 5.73 Å². The normalized spacial score (nSPS) is 12.5. The molecule has 0 saturated heterocycles. The number of aromatic amines is 1. The second-order valence-electron chi connectivity index (χ2n) is 5.86. The van der Waals surface area contributed by atoms with Crippen LogP contribution in [-0.4, -0.2) is 40.5 Å². The van der Waals surface area contributed by atoms with Gasteiger partial charge in [-0.1, -0.05) is 6.07 Å². The third-order valence-electron chi connectivity index (χ3n) is 3.93. The molecule has 0 aliphatic carbocycles. The molecule has 0 saturated carbocycles. The van der Waals surface area contributed by atoms with Gasteiger partial charge in [-0.15, -0.1) is 0 Å². The SMILES string of the molecule is Cc1nc2ccc(CCN(C)C(C)(C)CN)cc2[nH]1. The molecule has 3 N–H and O–H groups in total. The van der Waals surface area contributed by atoms with Gasteiger partial charge in [-0.3, -0.25) is 4.90 Å². The van der Waals surface area contributed by atoms with E-state index in [9.17, 15) is 0 Å². The van der Waals surface area contributed by atoms with Gasteiger partial charge in [0, 0.05) is 18.6 Å². The maximum Gasteiger partial charge on any atom is 0.104 e. The predicted molar refractivity (Wildman–Crippen MR) is 80.3 cm³/mol. The van der Waals surface area contributed by atoms with Crippen molar-refractivity contribution in [2.24, 2.45) is 5.73 Å². The molecule has 1 aromatic heterocycles. The number of imidazole rings is 1. The Balaban J connectivity index is 2.05. The van der Waals surface area contributed by atoms with Gasteiger partial charge in [0.1, 0.15) is 5.82 Å². The zero-order valence-electron chi connectivity index (χ0n) is 12.3. The van der Waals surface area contributed by atoms with E-state index in [1.165, 1.54) is 5.56 Å². The number of rotatable bonds is 5. The summed E-state index contributed by atoms with van der Waals surface area (Å²) in [7, 11) is 2.13. The molecule has 19 heavy (non-hydrogen) atoms. The van der Waals surface area contributed by atoms with Crippen molar-refractivity contribution in [1.29, 1.82) is 0 Å². The van der Waals surface area contributed by atoms with E-state index in [-0.39, 0.29) is 5.54 Å². The molecule has 1 heterocycles. The number of hydrogen-bond donors (Lipinski definition) is 2. The van der Waals surface area contributed by atoms with Crippen molar-refractivity contribution in [3.05, 3.63) is 29.6 Å². The van der Waals surface area contributed by atoms with Crippen LogP contribution in [0.3, 0.4) is 0 Å². The van der Waals surface area contributed by atoms with Gasteiger partial charge in [0.15, 0.2) is 0 Å². The predicted octanol–water partition coefficient (Wildman–Crippen LogP) is 2.08. The lowest BCUT2D eigenvalue weighted by molar-refractivity contribution is 0.166. The Kier molecular flexibility index (Phi) is 3.92. The van der Waals surface area contributed by atoms with E-state index in [2.05, 4.69) is 54.0 Å². The van der Waals surface area contributed by atoms with Crippen molar-refractivity contribution >= 4 is 11.0 Å². The van der Waals surface area contributed by atoms with Crippen molar-refractivity contribution in [1.82, 2.24) is 14.9 Å². The molecule has 0 fully saturated rings. The largest absolute Gasteiger partial charge is 0.342 e. The topological polar surface area (TPSA) is 57.9 Å². The van der Waals surface area contributed by atoms with Gasteiger partial charge in [0.05, 0.1) is 11.0 Å². The Bertz CT molecular complexity index is 556. The zero-order chi connectivity index (χ0) is 14.0. The zero-order valence-corrected chi connectivity index (χ0v) is 12.3. The number of fused-ring (bicyclic) bond motifs is 1. The van der Waals surface area contributed by atoms with Gasteiger partial charge < -0.3 is 10.7 Å². The van der Waals surface area contributed by atoms with Crippen molar-refractivity contribution < 1.29 is 0 Å². The smallest absolute Gasteiger partial charge is 0.104 e. The van der Waals surface area contributed by atoms with Gasteiger partial charge in [0.25, 0.3) is 0 Å². The number of benzene rings is 1. The maximum absolute atomic E-state index is 5.80. The molecule has 0 radical (unpaired) electrons. The average molecular weight is 260 g/mol. The van der Waals surface area contributed by atoms with Crippen molar-refractivity contribution in [2.45, 2.75) is 32.7 Å². The highest BCUT2D eigenvalue weighted by molar-refractivity contribution is 5.75. The number of nitrogens with one attached hydrogen (secondary N) is 1.